The van der Waals surface area contributed by atoms with E-state index >= 15 is 0 Å². The fourth-order valence-corrected chi connectivity index (χ4v) is 2.03. The maximum absolute atomic E-state index is 9.09. The molecule has 0 aliphatic carbocycles. The van der Waals surface area contributed by atoms with Crippen LogP contribution < -0.4 is 0 Å². The summed E-state index contributed by atoms with van der Waals surface area (Å²) in [7, 11) is 0. The molecule has 1 atom stereocenters. The van der Waals surface area contributed by atoms with E-state index in [-0.39, 0.29) is 6.10 Å². The Bertz CT molecular complexity index is 294. The second-order valence-electron chi connectivity index (χ2n) is 3.31. The van der Waals surface area contributed by atoms with Crippen molar-refractivity contribution in [3.8, 4) is 0 Å². The van der Waals surface area contributed by atoms with Gasteiger partial charge in [0, 0.05) is 11.5 Å². The van der Waals surface area contributed by atoms with Gasteiger partial charge in [0.1, 0.15) is 0 Å². The predicted molar refractivity (Wildman–Crippen MR) is 64.4 cm³/mol. The molecule has 0 bridgehead atoms. The van der Waals surface area contributed by atoms with Crippen LogP contribution in [0.1, 0.15) is 18.1 Å². The summed E-state index contributed by atoms with van der Waals surface area (Å²) < 4.78 is 0. The van der Waals surface area contributed by atoms with Crippen molar-refractivity contribution in [2.75, 3.05) is 5.75 Å². The second kappa shape index (κ2) is 5.89. The van der Waals surface area contributed by atoms with Gasteiger partial charge in [-0.05, 0) is 18.1 Å². The van der Waals surface area contributed by atoms with Gasteiger partial charge in [-0.1, -0.05) is 36.9 Å². The van der Waals surface area contributed by atoms with Crippen molar-refractivity contribution in [3.05, 3.63) is 42.0 Å². The molecular formula is C12H16OS. The van der Waals surface area contributed by atoms with Gasteiger partial charge < -0.3 is 5.11 Å². The summed E-state index contributed by atoms with van der Waals surface area (Å²) in [5.74, 6) is 1.74. The molecule has 1 aromatic carbocycles. The Hall–Kier alpha value is -0.730. The lowest BCUT2D eigenvalue weighted by atomic mass is 10.1. The third kappa shape index (κ3) is 3.99. The van der Waals surface area contributed by atoms with E-state index in [1.54, 1.807) is 11.8 Å². The quantitative estimate of drug-likeness (QED) is 0.803. The van der Waals surface area contributed by atoms with E-state index in [2.05, 4.69) is 18.7 Å². The summed E-state index contributed by atoms with van der Waals surface area (Å²) >= 11 is 1.75. The Morgan fingerprint density at radius 1 is 1.57 bits per heavy atom. The largest absolute Gasteiger partial charge is 0.393 e. The fourth-order valence-electron chi connectivity index (χ4n) is 1.16. The molecule has 0 saturated heterocycles. The maximum atomic E-state index is 9.09. The van der Waals surface area contributed by atoms with E-state index < -0.39 is 0 Å². The first-order valence-corrected chi connectivity index (χ1v) is 5.85. The summed E-state index contributed by atoms with van der Waals surface area (Å²) in [4.78, 5) is 0. The van der Waals surface area contributed by atoms with Crippen molar-refractivity contribution in [3.63, 3.8) is 0 Å². The zero-order chi connectivity index (χ0) is 10.4. The monoisotopic (exact) mass is 208 g/mol. The number of thioether (sulfide) groups is 1. The SMILES string of the molecule is C=Cc1cccc(CSCC(C)O)c1. The molecule has 0 aromatic heterocycles. The van der Waals surface area contributed by atoms with Gasteiger partial charge in [-0.3, -0.25) is 0 Å². The molecule has 0 saturated carbocycles. The highest BCUT2D eigenvalue weighted by Gasteiger charge is 1.97. The molecule has 1 N–H and O–H groups in total. The third-order valence-corrected chi connectivity index (χ3v) is 3.07. The zero-order valence-corrected chi connectivity index (χ0v) is 9.26. The minimum absolute atomic E-state index is 0.220. The van der Waals surface area contributed by atoms with Gasteiger partial charge in [-0.15, -0.1) is 0 Å². The first-order valence-electron chi connectivity index (χ1n) is 4.69. The van der Waals surface area contributed by atoms with Crippen LogP contribution in [0.15, 0.2) is 30.8 Å². The lowest BCUT2D eigenvalue weighted by Gasteiger charge is -2.04. The molecule has 1 nitrogen and oxygen atoms in total. The van der Waals surface area contributed by atoms with Crippen LogP contribution in [0.5, 0.6) is 0 Å². The Morgan fingerprint density at radius 2 is 2.36 bits per heavy atom. The molecule has 76 valence electrons. The highest BCUT2D eigenvalue weighted by Crippen LogP contribution is 2.15. The van der Waals surface area contributed by atoms with E-state index in [4.69, 9.17) is 5.11 Å². The average molecular weight is 208 g/mol. The summed E-state index contributed by atoms with van der Waals surface area (Å²) in [5.41, 5.74) is 2.44. The number of benzene rings is 1. The van der Waals surface area contributed by atoms with Crippen molar-refractivity contribution >= 4 is 17.8 Å². The first kappa shape index (κ1) is 11.3. The summed E-state index contributed by atoms with van der Waals surface area (Å²) in [5, 5.41) is 9.09. The molecule has 1 rings (SSSR count). The number of aliphatic hydroxyl groups excluding tert-OH is 1. The molecule has 0 heterocycles. The topological polar surface area (TPSA) is 20.2 Å². The first-order chi connectivity index (χ1) is 6.72. The third-order valence-electron chi connectivity index (χ3n) is 1.81. The van der Waals surface area contributed by atoms with E-state index in [0.717, 1.165) is 17.1 Å². The van der Waals surface area contributed by atoms with Crippen LogP contribution in [0.25, 0.3) is 6.08 Å². The van der Waals surface area contributed by atoms with Gasteiger partial charge in [0.2, 0.25) is 0 Å². The number of aliphatic hydroxyl groups is 1. The highest BCUT2D eigenvalue weighted by atomic mass is 32.2. The van der Waals surface area contributed by atoms with E-state index in [1.165, 1.54) is 5.56 Å². The molecule has 0 aliphatic heterocycles. The number of rotatable bonds is 5. The Balaban J connectivity index is 2.46. The van der Waals surface area contributed by atoms with Crippen molar-refractivity contribution in [2.24, 2.45) is 0 Å². The van der Waals surface area contributed by atoms with Gasteiger partial charge in [0.25, 0.3) is 0 Å². The molecule has 0 amide bonds. The van der Waals surface area contributed by atoms with Crippen molar-refractivity contribution < 1.29 is 5.11 Å². The lowest BCUT2D eigenvalue weighted by Crippen LogP contribution is -2.02. The minimum Gasteiger partial charge on any atom is -0.393 e. The van der Waals surface area contributed by atoms with Crippen LogP contribution >= 0.6 is 11.8 Å². The van der Waals surface area contributed by atoms with Crippen LogP contribution in [0, 0.1) is 0 Å². The van der Waals surface area contributed by atoms with Crippen molar-refractivity contribution in [2.45, 2.75) is 18.8 Å². The van der Waals surface area contributed by atoms with Crippen LogP contribution in [0.2, 0.25) is 0 Å². The predicted octanol–water partition coefficient (Wildman–Crippen LogP) is 2.94. The molecule has 1 aromatic rings. The minimum atomic E-state index is -0.220. The van der Waals surface area contributed by atoms with Crippen LogP contribution in [0.4, 0.5) is 0 Å². The van der Waals surface area contributed by atoms with Crippen LogP contribution in [0.3, 0.4) is 0 Å². The standard InChI is InChI=1S/C12H16OS/c1-3-11-5-4-6-12(7-11)9-14-8-10(2)13/h3-7,10,13H,1,8-9H2,2H3. The summed E-state index contributed by atoms with van der Waals surface area (Å²) in [6, 6.07) is 8.30. The number of hydrogen-bond donors (Lipinski definition) is 1. The summed E-state index contributed by atoms with van der Waals surface area (Å²) in [6.07, 6.45) is 1.63. The van der Waals surface area contributed by atoms with Gasteiger partial charge in [-0.2, -0.15) is 11.8 Å². The van der Waals surface area contributed by atoms with Gasteiger partial charge in [0.05, 0.1) is 6.10 Å². The summed E-state index contributed by atoms with van der Waals surface area (Å²) in [6.45, 7) is 5.55. The van der Waals surface area contributed by atoms with Crippen molar-refractivity contribution in [1.82, 2.24) is 0 Å². The Kier molecular flexibility index (Phi) is 4.77. The second-order valence-corrected chi connectivity index (χ2v) is 4.34. The van der Waals surface area contributed by atoms with Gasteiger partial charge in [0.15, 0.2) is 0 Å². The van der Waals surface area contributed by atoms with Crippen molar-refractivity contribution in [1.29, 1.82) is 0 Å². The highest BCUT2D eigenvalue weighted by molar-refractivity contribution is 7.98. The molecule has 0 spiro atoms. The fraction of sp³-hybridized carbons (Fsp3) is 0.333. The lowest BCUT2D eigenvalue weighted by molar-refractivity contribution is 0.220. The molecular weight excluding hydrogens is 192 g/mol. The van der Waals surface area contributed by atoms with Crippen LogP contribution in [-0.4, -0.2) is 17.0 Å². The molecule has 0 aliphatic rings. The average Bonchev–Trinajstić information content (AvgIpc) is 2.18. The normalized spacial score (nSPS) is 12.4. The molecule has 0 radical (unpaired) electrons. The molecule has 2 heteroatoms. The Morgan fingerprint density at radius 3 is 3.00 bits per heavy atom. The maximum Gasteiger partial charge on any atom is 0.0602 e. The van der Waals surface area contributed by atoms with Crippen LogP contribution in [-0.2, 0) is 5.75 Å². The van der Waals surface area contributed by atoms with Gasteiger partial charge in [-0.25, -0.2) is 0 Å². The molecule has 1 unspecified atom stereocenters. The number of hydrogen-bond acceptors (Lipinski definition) is 2. The molecule has 0 fully saturated rings. The van der Waals surface area contributed by atoms with E-state index in [9.17, 15) is 0 Å². The smallest absolute Gasteiger partial charge is 0.0602 e. The van der Waals surface area contributed by atoms with Gasteiger partial charge >= 0.3 is 0 Å². The van der Waals surface area contributed by atoms with E-state index in [0.29, 0.717) is 0 Å². The van der Waals surface area contributed by atoms with E-state index in [1.807, 2.05) is 25.1 Å². The zero-order valence-electron chi connectivity index (χ0n) is 8.44. The Labute approximate surface area is 89.8 Å². The molecule has 14 heavy (non-hydrogen) atoms.